The van der Waals surface area contributed by atoms with Crippen LogP contribution in [0, 0.1) is 0 Å². The van der Waals surface area contributed by atoms with Crippen LogP contribution in [0.3, 0.4) is 0 Å². The van der Waals surface area contributed by atoms with E-state index >= 15 is 0 Å². The van der Waals surface area contributed by atoms with Crippen molar-refractivity contribution < 1.29 is 41.0 Å². The number of nitrogens with one attached hydrogen (secondary N) is 1. The Bertz CT molecular complexity index is 1790. The lowest BCUT2D eigenvalue weighted by Crippen LogP contribution is -2.26. The molecule has 12 heteroatoms. The molecule has 0 saturated heterocycles. The van der Waals surface area contributed by atoms with Gasteiger partial charge < -0.3 is 10.4 Å². The predicted octanol–water partition coefficient (Wildman–Crippen LogP) is 7.58. The molecule has 0 spiro atoms. The average Bonchev–Trinajstić information content (AvgIpc) is 3.39. The molecule has 0 fully saturated rings. The number of halogens is 6. The Balaban J connectivity index is 1.50. The first kappa shape index (κ1) is 30.3. The van der Waals surface area contributed by atoms with Gasteiger partial charge in [-0.05, 0) is 70.8 Å². The van der Waals surface area contributed by atoms with Crippen LogP contribution in [-0.4, -0.2) is 33.3 Å². The van der Waals surface area contributed by atoms with E-state index in [1.807, 2.05) is 0 Å². The molecule has 0 saturated carbocycles. The summed E-state index contributed by atoms with van der Waals surface area (Å²) in [6.07, 6.45) is -7.54. The molecule has 1 atom stereocenters. The molecule has 0 aliphatic heterocycles. The van der Waals surface area contributed by atoms with Gasteiger partial charge in [0.15, 0.2) is 0 Å². The Morgan fingerprint density at radius 2 is 1.27 bits per heavy atom. The molecule has 0 aliphatic rings. The van der Waals surface area contributed by atoms with Crippen LogP contribution in [0.1, 0.15) is 45.1 Å². The quantitative estimate of drug-likeness (QED) is 0.177. The summed E-state index contributed by atoms with van der Waals surface area (Å²) >= 11 is 0. The molecule has 4 aromatic carbocycles. The maximum atomic E-state index is 13.3. The van der Waals surface area contributed by atoms with Gasteiger partial charge in [-0.1, -0.05) is 42.5 Å². The molecular weight excluding hydrogens is 588 g/mol. The minimum absolute atomic E-state index is 0.0571. The van der Waals surface area contributed by atoms with Crippen LogP contribution < -0.4 is 5.32 Å². The van der Waals surface area contributed by atoms with Crippen LogP contribution in [0.5, 0.6) is 0 Å². The third kappa shape index (κ3) is 6.74. The number of nitrogens with zero attached hydrogens (tertiary/aromatic N) is 2. The summed E-state index contributed by atoms with van der Waals surface area (Å²) in [7, 11) is 0. The smallest absolute Gasteiger partial charge is 0.416 e. The van der Waals surface area contributed by atoms with Gasteiger partial charge in [-0.25, -0.2) is 0 Å². The summed E-state index contributed by atoms with van der Waals surface area (Å²) in [5.74, 6) is -1.54. The van der Waals surface area contributed by atoms with Gasteiger partial charge in [0.2, 0.25) is 0 Å². The van der Waals surface area contributed by atoms with E-state index in [-0.39, 0.29) is 18.5 Å². The molecule has 44 heavy (non-hydrogen) atoms. The van der Waals surface area contributed by atoms with E-state index < -0.39 is 41.4 Å². The van der Waals surface area contributed by atoms with Gasteiger partial charge in [-0.15, -0.1) is 0 Å². The zero-order valence-corrected chi connectivity index (χ0v) is 22.7. The number of carboxylic acid groups (broad SMARTS) is 1. The van der Waals surface area contributed by atoms with Crippen LogP contribution in [0.2, 0.25) is 0 Å². The van der Waals surface area contributed by atoms with E-state index in [9.17, 15) is 35.9 Å². The summed E-state index contributed by atoms with van der Waals surface area (Å²) in [5.41, 5.74) is 1.51. The average molecular weight is 612 g/mol. The molecule has 1 amide bonds. The van der Waals surface area contributed by atoms with E-state index in [2.05, 4.69) is 10.4 Å². The van der Waals surface area contributed by atoms with Gasteiger partial charge >= 0.3 is 18.3 Å². The number of amides is 1. The largest absolute Gasteiger partial charge is 0.481 e. The zero-order valence-electron chi connectivity index (χ0n) is 22.7. The van der Waals surface area contributed by atoms with Crippen molar-refractivity contribution in [3.05, 3.63) is 125 Å². The van der Waals surface area contributed by atoms with Crippen LogP contribution in [0.15, 0.2) is 97.2 Å². The van der Waals surface area contributed by atoms with Crippen molar-refractivity contribution in [2.45, 2.75) is 24.8 Å². The van der Waals surface area contributed by atoms with Gasteiger partial charge in [-0.2, -0.15) is 31.4 Å². The highest BCUT2D eigenvalue weighted by atomic mass is 19.4. The van der Waals surface area contributed by atoms with Crippen molar-refractivity contribution in [3.8, 4) is 11.1 Å². The van der Waals surface area contributed by atoms with E-state index in [1.165, 1.54) is 36.4 Å². The van der Waals surface area contributed by atoms with Crippen molar-refractivity contribution in [2.24, 2.45) is 0 Å². The summed E-state index contributed by atoms with van der Waals surface area (Å²) in [5, 5.41) is 16.6. The second-order valence-corrected chi connectivity index (χ2v) is 10.0. The van der Waals surface area contributed by atoms with Gasteiger partial charge in [0, 0.05) is 23.7 Å². The van der Waals surface area contributed by atoms with E-state index in [1.54, 1.807) is 41.2 Å². The second kappa shape index (κ2) is 11.9. The van der Waals surface area contributed by atoms with Crippen LogP contribution >= 0.6 is 0 Å². The maximum Gasteiger partial charge on any atom is 0.416 e. The number of hydrogen-bond acceptors (Lipinski definition) is 3. The summed E-state index contributed by atoms with van der Waals surface area (Å²) in [4.78, 5) is 23.2. The minimum Gasteiger partial charge on any atom is -0.481 e. The SMILES string of the molecule is O=C(O)CCNC(=O)c1ccc(C(c2ccc(C(F)(F)F)cc2)n2cc3cc(-c4ccc(C(F)(F)F)cc4)ccc3n2)cc1. The van der Waals surface area contributed by atoms with Crippen molar-refractivity contribution in [3.63, 3.8) is 0 Å². The fourth-order valence-electron chi connectivity index (χ4n) is 4.76. The second-order valence-electron chi connectivity index (χ2n) is 10.0. The number of aromatic nitrogens is 2. The number of fused-ring (bicyclic) bond motifs is 1. The molecule has 0 radical (unpaired) electrons. The predicted molar refractivity (Wildman–Crippen MR) is 150 cm³/mol. The lowest BCUT2D eigenvalue weighted by atomic mass is 9.96. The maximum absolute atomic E-state index is 13.3. The van der Waals surface area contributed by atoms with Gasteiger partial charge in [0.05, 0.1) is 23.1 Å². The van der Waals surface area contributed by atoms with E-state index in [0.29, 0.717) is 33.2 Å². The normalized spacial score (nSPS) is 12.7. The molecule has 6 nitrogen and oxygen atoms in total. The number of aliphatic carboxylic acids is 1. The standard InChI is InChI=1S/C32H23F6N3O3/c33-31(34,35)25-10-5-19(6-11-25)23-9-14-27-24(17-23)18-41(40-27)29(21-7-12-26(13-8-21)32(36,37)38)20-1-3-22(4-2-20)30(44)39-16-15-28(42)43/h1-14,17-18,29H,15-16H2,(H,39,44)(H,42,43). The lowest BCUT2D eigenvalue weighted by molar-refractivity contribution is -0.138. The first-order valence-corrected chi connectivity index (χ1v) is 13.2. The molecule has 0 aliphatic carbocycles. The highest BCUT2D eigenvalue weighted by molar-refractivity contribution is 5.94. The highest BCUT2D eigenvalue weighted by Gasteiger charge is 2.31. The van der Waals surface area contributed by atoms with Gasteiger partial charge in [0.25, 0.3) is 5.91 Å². The number of alkyl halides is 6. The van der Waals surface area contributed by atoms with E-state index in [0.717, 1.165) is 24.3 Å². The molecular formula is C32H23F6N3O3. The van der Waals surface area contributed by atoms with Crippen LogP contribution in [0.4, 0.5) is 26.3 Å². The number of rotatable bonds is 8. The Morgan fingerprint density at radius 3 is 1.82 bits per heavy atom. The Morgan fingerprint density at radius 1 is 0.750 bits per heavy atom. The molecule has 1 heterocycles. The molecule has 226 valence electrons. The van der Waals surface area contributed by atoms with Crippen molar-refractivity contribution in [1.29, 1.82) is 0 Å². The lowest BCUT2D eigenvalue weighted by Gasteiger charge is -2.20. The first-order chi connectivity index (χ1) is 20.8. The topological polar surface area (TPSA) is 84.2 Å². The molecule has 0 bridgehead atoms. The zero-order chi connectivity index (χ0) is 31.6. The van der Waals surface area contributed by atoms with Crippen molar-refractivity contribution in [1.82, 2.24) is 15.1 Å². The summed E-state index contributed by atoms with van der Waals surface area (Å²) in [6, 6.07) is 20.2. The van der Waals surface area contributed by atoms with Crippen LogP contribution in [0.25, 0.3) is 22.0 Å². The molecule has 5 rings (SSSR count). The minimum atomic E-state index is -4.53. The monoisotopic (exact) mass is 611 g/mol. The van der Waals surface area contributed by atoms with E-state index in [4.69, 9.17) is 5.11 Å². The van der Waals surface area contributed by atoms with Crippen molar-refractivity contribution >= 4 is 22.8 Å². The number of carbonyl (C=O) groups excluding carboxylic acids is 1. The number of hydrogen-bond donors (Lipinski definition) is 2. The Kier molecular flexibility index (Phi) is 8.18. The van der Waals surface area contributed by atoms with Gasteiger partial charge in [0.1, 0.15) is 6.04 Å². The Labute approximate surface area is 246 Å². The third-order valence-electron chi connectivity index (χ3n) is 7.00. The first-order valence-electron chi connectivity index (χ1n) is 13.2. The Hall–Kier alpha value is -5.13. The highest BCUT2D eigenvalue weighted by Crippen LogP contribution is 2.35. The fourth-order valence-corrected chi connectivity index (χ4v) is 4.76. The van der Waals surface area contributed by atoms with Gasteiger partial charge in [-0.3, -0.25) is 14.3 Å². The van der Waals surface area contributed by atoms with Crippen LogP contribution in [-0.2, 0) is 17.1 Å². The third-order valence-corrected chi connectivity index (χ3v) is 7.00. The van der Waals surface area contributed by atoms with Crippen molar-refractivity contribution in [2.75, 3.05) is 6.54 Å². The number of carboxylic acids is 1. The fraction of sp³-hybridized carbons (Fsp3) is 0.156. The number of benzene rings is 4. The molecule has 5 aromatic rings. The number of carbonyl (C=O) groups is 2. The molecule has 1 aromatic heterocycles. The molecule has 1 unspecified atom stereocenters. The summed E-state index contributed by atoms with van der Waals surface area (Å²) < 4.78 is 80.4. The molecule has 2 N–H and O–H groups in total. The summed E-state index contributed by atoms with van der Waals surface area (Å²) in [6.45, 7) is -0.0571.